The number of carbonyl (C=O) groups is 1. The molecule has 18 heavy (non-hydrogen) atoms. The summed E-state index contributed by atoms with van der Waals surface area (Å²) >= 11 is 0.477. The second-order valence-electron chi connectivity index (χ2n) is 3.34. The fraction of sp³-hybridized carbons (Fsp3) is 0.364. The molecule has 1 aromatic carbocycles. The fourth-order valence-corrected chi connectivity index (χ4v) is 1.70. The Balaban J connectivity index is 0.00000289. The van der Waals surface area contributed by atoms with Gasteiger partial charge in [-0.15, -0.1) is 12.4 Å². The number of carbonyl (C=O) groups excluding carboxylic acids is 1. The molecule has 1 rings (SSSR count). The molecular formula is C11H15ClF2N2OS. The average Bonchev–Trinajstić information content (AvgIpc) is 2.28. The van der Waals surface area contributed by atoms with Crippen molar-refractivity contribution in [3.63, 3.8) is 0 Å². The number of thioether (sulfide) groups is 1. The van der Waals surface area contributed by atoms with Gasteiger partial charge >= 0.3 is 0 Å². The fourth-order valence-electron chi connectivity index (χ4n) is 1.21. The van der Waals surface area contributed by atoms with Crippen LogP contribution in [0.1, 0.15) is 12.8 Å². The second-order valence-corrected chi connectivity index (χ2v) is 4.41. The van der Waals surface area contributed by atoms with Crippen LogP contribution < -0.4 is 11.1 Å². The van der Waals surface area contributed by atoms with E-state index in [1.54, 1.807) is 24.3 Å². The molecule has 1 aromatic rings. The van der Waals surface area contributed by atoms with E-state index in [0.717, 1.165) is 0 Å². The van der Waals surface area contributed by atoms with Gasteiger partial charge in [0, 0.05) is 17.0 Å². The summed E-state index contributed by atoms with van der Waals surface area (Å²) in [6.45, 7) is 0.470. The van der Waals surface area contributed by atoms with Crippen LogP contribution >= 0.6 is 24.2 Å². The summed E-state index contributed by atoms with van der Waals surface area (Å²) in [4.78, 5) is 11.8. The summed E-state index contributed by atoms with van der Waals surface area (Å²) < 4.78 is 24.1. The first-order valence-corrected chi connectivity index (χ1v) is 6.04. The van der Waals surface area contributed by atoms with E-state index >= 15 is 0 Å². The summed E-state index contributed by atoms with van der Waals surface area (Å²) in [5, 5.41) is 2.67. The number of nitrogens with one attached hydrogen (secondary N) is 1. The Kier molecular flexibility index (Phi) is 8.70. The minimum atomic E-state index is -2.43. The number of halogens is 3. The van der Waals surface area contributed by atoms with Crippen LogP contribution in [-0.2, 0) is 4.79 Å². The zero-order valence-corrected chi connectivity index (χ0v) is 11.2. The van der Waals surface area contributed by atoms with Crippen molar-refractivity contribution in [3.8, 4) is 0 Å². The lowest BCUT2D eigenvalue weighted by atomic mass is 10.2. The number of amides is 1. The summed E-state index contributed by atoms with van der Waals surface area (Å²) in [7, 11) is 0. The van der Waals surface area contributed by atoms with E-state index in [2.05, 4.69) is 5.32 Å². The molecule has 3 N–H and O–H groups in total. The third-order valence-electron chi connectivity index (χ3n) is 1.97. The van der Waals surface area contributed by atoms with Gasteiger partial charge in [-0.1, -0.05) is 11.8 Å². The van der Waals surface area contributed by atoms with E-state index in [4.69, 9.17) is 5.73 Å². The molecule has 0 saturated carbocycles. The minimum absolute atomic E-state index is 0. The number of anilines is 1. The Morgan fingerprint density at radius 1 is 1.33 bits per heavy atom. The molecule has 0 unspecified atom stereocenters. The molecular weight excluding hydrogens is 282 g/mol. The van der Waals surface area contributed by atoms with Gasteiger partial charge in [0.2, 0.25) is 5.91 Å². The molecule has 0 aromatic heterocycles. The highest BCUT2D eigenvalue weighted by Crippen LogP contribution is 2.26. The molecule has 0 aliphatic carbocycles. The third-order valence-corrected chi connectivity index (χ3v) is 2.69. The molecule has 7 heteroatoms. The molecule has 1 amide bonds. The van der Waals surface area contributed by atoms with E-state index in [0.29, 0.717) is 41.7 Å². The van der Waals surface area contributed by atoms with Gasteiger partial charge in [-0.3, -0.25) is 4.79 Å². The van der Waals surface area contributed by atoms with Crippen LogP contribution in [0, 0.1) is 0 Å². The molecule has 0 saturated heterocycles. The molecule has 0 spiro atoms. The molecule has 0 aliphatic rings. The third kappa shape index (κ3) is 6.78. The molecule has 0 bridgehead atoms. The van der Waals surface area contributed by atoms with Crippen LogP contribution in [0.5, 0.6) is 0 Å². The van der Waals surface area contributed by atoms with Crippen molar-refractivity contribution in [1.82, 2.24) is 0 Å². The first-order chi connectivity index (χ1) is 8.11. The van der Waals surface area contributed by atoms with Crippen molar-refractivity contribution in [1.29, 1.82) is 0 Å². The molecule has 0 atom stereocenters. The second kappa shape index (κ2) is 9.13. The van der Waals surface area contributed by atoms with Crippen molar-refractivity contribution in [3.05, 3.63) is 24.3 Å². The quantitative estimate of drug-likeness (QED) is 0.793. The Morgan fingerprint density at radius 2 is 1.94 bits per heavy atom. The van der Waals surface area contributed by atoms with Crippen molar-refractivity contribution in [2.75, 3.05) is 11.9 Å². The van der Waals surface area contributed by atoms with E-state index < -0.39 is 5.76 Å². The summed E-state index contributed by atoms with van der Waals surface area (Å²) in [5.41, 5.74) is 5.89. The summed E-state index contributed by atoms with van der Waals surface area (Å²) in [6, 6.07) is 6.31. The van der Waals surface area contributed by atoms with Gasteiger partial charge in [0.1, 0.15) is 0 Å². The maximum Gasteiger partial charge on any atom is 0.288 e. The largest absolute Gasteiger partial charge is 0.330 e. The Labute approximate surface area is 115 Å². The number of alkyl halides is 2. The van der Waals surface area contributed by atoms with Gasteiger partial charge < -0.3 is 11.1 Å². The molecule has 0 fully saturated rings. The van der Waals surface area contributed by atoms with Crippen LogP contribution in [0.3, 0.4) is 0 Å². The van der Waals surface area contributed by atoms with Crippen molar-refractivity contribution in [2.45, 2.75) is 23.5 Å². The van der Waals surface area contributed by atoms with Gasteiger partial charge in [-0.25, -0.2) is 0 Å². The van der Waals surface area contributed by atoms with E-state index in [-0.39, 0.29) is 18.3 Å². The van der Waals surface area contributed by atoms with Crippen molar-refractivity contribution >= 4 is 35.8 Å². The lowest BCUT2D eigenvalue weighted by molar-refractivity contribution is -0.116. The van der Waals surface area contributed by atoms with Gasteiger partial charge in [0.15, 0.2) is 0 Å². The van der Waals surface area contributed by atoms with Gasteiger partial charge in [-0.2, -0.15) is 8.78 Å². The number of hydrogen-bond donors (Lipinski definition) is 2. The Morgan fingerprint density at radius 3 is 2.44 bits per heavy atom. The number of hydrogen-bond acceptors (Lipinski definition) is 3. The van der Waals surface area contributed by atoms with Crippen molar-refractivity contribution < 1.29 is 13.6 Å². The number of benzene rings is 1. The van der Waals surface area contributed by atoms with Crippen LogP contribution in [-0.4, -0.2) is 18.2 Å². The predicted molar refractivity (Wildman–Crippen MR) is 72.5 cm³/mol. The van der Waals surface area contributed by atoms with Gasteiger partial charge in [0.25, 0.3) is 5.76 Å². The normalized spacial score (nSPS) is 10.0. The van der Waals surface area contributed by atoms with Crippen LogP contribution in [0.4, 0.5) is 14.5 Å². The lowest BCUT2D eigenvalue weighted by Crippen LogP contribution is -2.13. The van der Waals surface area contributed by atoms with E-state index in [9.17, 15) is 13.6 Å². The Bertz CT molecular complexity index is 363. The molecule has 3 nitrogen and oxygen atoms in total. The topological polar surface area (TPSA) is 55.1 Å². The monoisotopic (exact) mass is 296 g/mol. The molecule has 0 heterocycles. The minimum Gasteiger partial charge on any atom is -0.330 e. The average molecular weight is 297 g/mol. The van der Waals surface area contributed by atoms with Gasteiger partial charge in [0.05, 0.1) is 0 Å². The number of nitrogens with two attached hydrogens (primary N) is 1. The maximum atomic E-state index is 12.1. The van der Waals surface area contributed by atoms with Crippen LogP contribution in [0.25, 0.3) is 0 Å². The molecule has 0 radical (unpaired) electrons. The first-order valence-electron chi connectivity index (χ1n) is 5.16. The highest BCUT2D eigenvalue weighted by Gasteiger charge is 2.05. The van der Waals surface area contributed by atoms with Gasteiger partial charge in [-0.05, 0) is 37.2 Å². The van der Waals surface area contributed by atoms with Crippen molar-refractivity contribution in [2.24, 2.45) is 5.73 Å². The highest BCUT2D eigenvalue weighted by atomic mass is 35.5. The zero-order chi connectivity index (χ0) is 12.7. The van der Waals surface area contributed by atoms with Crippen LogP contribution in [0.15, 0.2) is 29.2 Å². The summed E-state index contributed by atoms with van der Waals surface area (Å²) in [5.74, 6) is -2.55. The lowest BCUT2D eigenvalue weighted by Gasteiger charge is -2.05. The SMILES string of the molecule is Cl.NCCCC(=O)Nc1ccc(SC(F)F)cc1. The first kappa shape index (κ1) is 17.2. The van der Waals surface area contributed by atoms with E-state index in [1.165, 1.54) is 0 Å². The van der Waals surface area contributed by atoms with E-state index in [1.807, 2.05) is 0 Å². The molecule has 0 aliphatic heterocycles. The maximum absolute atomic E-state index is 12.1. The smallest absolute Gasteiger partial charge is 0.288 e. The standard InChI is InChI=1S/C11H14F2N2OS.ClH/c12-11(13)17-9-5-3-8(4-6-9)15-10(16)2-1-7-14;/h3-6,11H,1-2,7,14H2,(H,15,16);1H. The highest BCUT2D eigenvalue weighted by molar-refractivity contribution is 7.99. The summed E-state index contributed by atoms with van der Waals surface area (Å²) in [6.07, 6.45) is 0.995. The number of rotatable bonds is 6. The molecule has 102 valence electrons. The predicted octanol–water partition coefficient (Wildman–Crippen LogP) is 3.10. The Hall–Kier alpha value is -0.850. The zero-order valence-electron chi connectivity index (χ0n) is 9.57. The van der Waals surface area contributed by atoms with Crippen LogP contribution in [0.2, 0.25) is 0 Å².